The summed E-state index contributed by atoms with van der Waals surface area (Å²) in [6.07, 6.45) is 1.85. The topological polar surface area (TPSA) is 77.8 Å². The minimum absolute atomic E-state index is 0.602. The Morgan fingerprint density at radius 1 is 1.41 bits per heavy atom. The second-order valence-electron chi connectivity index (χ2n) is 3.57. The number of anilines is 1. The third kappa shape index (κ3) is 3.19. The molecule has 0 saturated heterocycles. The quantitative estimate of drug-likeness (QED) is 0.842. The average molecular weight is 270 g/mol. The highest BCUT2D eigenvalue weighted by Gasteiger charge is 2.09. The molecule has 17 heavy (non-hydrogen) atoms. The van der Waals surface area contributed by atoms with Crippen molar-refractivity contribution in [1.29, 1.82) is 0 Å². The van der Waals surface area contributed by atoms with Gasteiger partial charge < -0.3 is 10.3 Å². The SMILES string of the molecule is CCCc1nc(CSc2sc(N)nc2C)no1. The van der Waals surface area contributed by atoms with E-state index in [0.717, 1.165) is 28.6 Å². The molecule has 2 N–H and O–H groups in total. The molecule has 0 fully saturated rings. The maximum absolute atomic E-state index is 5.64. The van der Waals surface area contributed by atoms with Crippen LogP contribution < -0.4 is 5.73 Å². The van der Waals surface area contributed by atoms with Crippen molar-refractivity contribution in [2.75, 3.05) is 5.73 Å². The monoisotopic (exact) mass is 270 g/mol. The molecule has 0 atom stereocenters. The molecule has 2 heterocycles. The molecule has 0 aromatic carbocycles. The number of aryl methyl sites for hydroxylation is 2. The van der Waals surface area contributed by atoms with Crippen molar-refractivity contribution >= 4 is 28.2 Å². The molecule has 2 rings (SSSR count). The number of nitrogen functional groups attached to an aromatic ring is 1. The smallest absolute Gasteiger partial charge is 0.226 e. The van der Waals surface area contributed by atoms with Gasteiger partial charge in [0.05, 0.1) is 15.7 Å². The fourth-order valence-electron chi connectivity index (χ4n) is 1.33. The summed E-state index contributed by atoms with van der Waals surface area (Å²) in [5, 5.41) is 4.53. The second-order valence-corrected chi connectivity index (χ2v) is 5.84. The summed E-state index contributed by atoms with van der Waals surface area (Å²) in [5.74, 6) is 2.13. The summed E-state index contributed by atoms with van der Waals surface area (Å²) in [6, 6.07) is 0. The largest absolute Gasteiger partial charge is 0.375 e. The van der Waals surface area contributed by atoms with Crippen LogP contribution in [0.2, 0.25) is 0 Å². The number of thiazole rings is 1. The number of hydrogen-bond donors (Lipinski definition) is 1. The van der Waals surface area contributed by atoms with Crippen LogP contribution in [0.5, 0.6) is 0 Å². The van der Waals surface area contributed by atoms with E-state index in [2.05, 4.69) is 22.0 Å². The number of rotatable bonds is 5. The summed E-state index contributed by atoms with van der Waals surface area (Å²) in [4.78, 5) is 8.48. The van der Waals surface area contributed by atoms with Gasteiger partial charge in [0.1, 0.15) is 0 Å². The molecule has 0 unspecified atom stereocenters. The van der Waals surface area contributed by atoms with Crippen LogP contribution in [0.3, 0.4) is 0 Å². The molecule has 0 amide bonds. The highest BCUT2D eigenvalue weighted by Crippen LogP contribution is 2.32. The predicted octanol–water partition coefficient (Wildman–Crippen LogP) is 2.66. The molecule has 92 valence electrons. The van der Waals surface area contributed by atoms with E-state index in [-0.39, 0.29) is 0 Å². The molecule has 2 aromatic rings. The van der Waals surface area contributed by atoms with Gasteiger partial charge in [-0.05, 0) is 13.3 Å². The Balaban J connectivity index is 1.95. The first-order chi connectivity index (χ1) is 8.19. The van der Waals surface area contributed by atoms with E-state index in [4.69, 9.17) is 10.3 Å². The molecule has 2 aromatic heterocycles. The summed E-state index contributed by atoms with van der Waals surface area (Å²) in [7, 11) is 0. The molecule has 0 saturated carbocycles. The zero-order valence-corrected chi connectivity index (χ0v) is 11.4. The maximum atomic E-state index is 5.64. The van der Waals surface area contributed by atoms with Crippen molar-refractivity contribution in [2.45, 2.75) is 36.7 Å². The fourth-order valence-corrected chi connectivity index (χ4v) is 3.20. The van der Waals surface area contributed by atoms with Crippen LogP contribution >= 0.6 is 23.1 Å². The van der Waals surface area contributed by atoms with Gasteiger partial charge in [-0.25, -0.2) is 4.98 Å². The van der Waals surface area contributed by atoms with Gasteiger partial charge in [0.25, 0.3) is 0 Å². The van der Waals surface area contributed by atoms with E-state index in [1.807, 2.05) is 6.92 Å². The van der Waals surface area contributed by atoms with Gasteiger partial charge in [-0.2, -0.15) is 4.98 Å². The maximum Gasteiger partial charge on any atom is 0.226 e. The molecule has 0 spiro atoms. The fraction of sp³-hybridized carbons (Fsp3) is 0.500. The molecule has 0 radical (unpaired) electrons. The van der Waals surface area contributed by atoms with Crippen molar-refractivity contribution in [1.82, 2.24) is 15.1 Å². The van der Waals surface area contributed by atoms with Gasteiger partial charge >= 0.3 is 0 Å². The van der Waals surface area contributed by atoms with Crippen LogP contribution in [0.25, 0.3) is 0 Å². The Labute approximate surface area is 108 Å². The molecule has 0 aliphatic heterocycles. The van der Waals surface area contributed by atoms with Crippen LogP contribution in [0.4, 0.5) is 5.13 Å². The lowest BCUT2D eigenvalue weighted by atomic mass is 10.3. The number of nitrogens with two attached hydrogens (primary N) is 1. The van der Waals surface area contributed by atoms with E-state index in [9.17, 15) is 0 Å². The standard InChI is InChI=1S/C10H14N4OS2/c1-3-4-8-13-7(14-15-8)5-16-9-6(2)12-10(11)17-9/h3-5H2,1-2H3,(H2,11,12). The van der Waals surface area contributed by atoms with Gasteiger partial charge in [-0.1, -0.05) is 23.4 Å². The van der Waals surface area contributed by atoms with Crippen LogP contribution in [-0.4, -0.2) is 15.1 Å². The zero-order valence-electron chi connectivity index (χ0n) is 9.77. The molecule has 0 aliphatic carbocycles. The van der Waals surface area contributed by atoms with Crippen LogP contribution in [0.1, 0.15) is 30.8 Å². The number of aromatic nitrogens is 3. The first-order valence-corrected chi connectivity index (χ1v) is 7.16. The second kappa shape index (κ2) is 5.50. The van der Waals surface area contributed by atoms with Crippen molar-refractivity contribution in [2.24, 2.45) is 0 Å². The lowest BCUT2D eigenvalue weighted by molar-refractivity contribution is 0.373. The summed E-state index contributed by atoms with van der Waals surface area (Å²) in [5.41, 5.74) is 6.60. The Kier molecular flexibility index (Phi) is 4.01. The first kappa shape index (κ1) is 12.4. The summed E-state index contributed by atoms with van der Waals surface area (Å²) >= 11 is 3.14. The zero-order chi connectivity index (χ0) is 12.3. The van der Waals surface area contributed by atoms with Crippen molar-refractivity contribution in [3.05, 3.63) is 17.4 Å². The van der Waals surface area contributed by atoms with Gasteiger partial charge in [0, 0.05) is 6.42 Å². The van der Waals surface area contributed by atoms with E-state index < -0.39 is 0 Å². The first-order valence-electron chi connectivity index (χ1n) is 5.36. The molecule has 0 bridgehead atoms. The normalized spacial score (nSPS) is 10.9. The van der Waals surface area contributed by atoms with Crippen molar-refractivity contribution < 1.29 is 4.52 Å². The van der Waals surface area contributed by atoms with Gasteiger partial charge in [0.15, 0.2) is 11.0 Å². The highest BCUT2D eigenvalue weighted by molar-refractivity contribution is 8.00. The van der Waals surface area contributed by atoms with Crippen LogP contribution in [0.15, 0.2) is 8.73 Å². The van der Waals surface area contributed by atoms with Gasteiger partial charge in [-0.15, -0.1) is 11.8 Å². The third-order valence-electron chi connectivity index (χ3n) is 2.08. The minimum Gasteiger partial charge on any atom is -0.375 e. The van der Waals surface area contributed by atoms with E-state index in [0.29, 0.717) is 16.8 Å². The van der Waals surface area contributed by atoms with Crippen LogP contribution in [-0.2, 0) is 12.2 Å². The average Bonchev–Trinajstić information content (AvgIpc) is 2.83. The Morgan fingerprint density at radius 3 is 2.88 bits per heavy atom. The van der Waals surface area contributed by atoms with Crippen molar-refractivity contribution in [3.8, 4) is 0 Å². The molecular weight excluding hydrogens is 256 g/mol. The summed E-state index contributed by atoms with van der Waals surface area (Å²) in [6.45, 7) is 4.04. The lowest BCUT2D eigenvalue weighted by Gasteiger charge is -1.93. The molecule has 5 nitrogen and oxygen atoms in total. The lowest BCUT2D eigenvalue weighted by Crippen LogP contribution is -1.86. The van der Waals surface area contributed by atoms with Gasteiger partial charge in [0.2, 0.25) is 5.89 Å². The molecule has 7 heteroatoms. The highest BCUT2D eigenvalue weighted by atomic mass is 32.2. The van der Waals surface area contributed by atoms with E-state index in [1.54, 1.807) is 11.8 Å². The third-order valence-corrected chi connectivity index (χ3v) is 4.42. The molecule has 0 aliphatic rings. The Hall–Kier alpha value is -1.08. The van der Waals surface area contributed by atoms with Crippen molar-refractivity contribution in [3.63, 3.8) is 0 Å². The van der Waals surface area contributed by atoms with Crippen LogP contribution in [0, 0.1) is 6.92 Å². The van der Waals surface area contributed by atoms with Gasteiger partial charge in [-0.3, -0.25) is 0 Å². The summed E-state index contributed by atoms with van der Waals surface area (Å²) < 4.78 is 6.23. The number of thioether (sulfide) groups is 1. The minimum atomic E-state index is 0.602. The molecular formula is C10H14N4OS2. The number of hydrogen-bond acceptors (Lipinski definition) is 7. The van der Waals surface area contributed by atoms with E-state index in [1.165, 1.54) is 11.3 Å². The van der Waals surface area contributed by atoms with E-state index >= 15 is 0 Å². The number of nitrogens with zero attached hydrogens (tertiary/aromatic N) is 3. The Morgan fingerprint density at radius 2 is 2.24 bits per heavy atom. The predicted molar refractivity (Wildman–Crippen MR) is 69.1 cm³/mol. The Bertz CT molecular complexity index is 494.